The number of pyridine rings is 1. The van der Waals surface area contributed by atoms with Gasteiger partial charge in [0.15, 0.2) is 0 Å². The Balaban J connectivity index is 1.50. The molecule has 32 heavy (non-hydrogen) atoms. The number of aromatic nitrogens is 1. The van der Waals surface area contributed by atoms with E-state index in [9.17, 15) is 9.59 Å². The molecule has 4 rings (SSSR count). The van der Waals surface area contributed by atoms with E-state index >= 15 is 0 Å². The first-order valence-electron chi connectivity index (χ1n) is 10.8. The highest BCUT2D eigenvalue weighted by Gasteiger charge is 2.42. The molecule has 1 aromatic carbocycles. The highest BCUT2D eigenvalue weighted by molar-refractivity contribution is 7.13. The summed E-state index contributed by atoms with van der Waals surface area (Å²) in [6.45, 7) is 5.24. The number of rotatable bonds is 7. The van der Waals surface area contributed by atoms with Gasteiger partial charge in [0.2, 0.25) is 5.91 Å². The maximum Gasteiger partial charge on any atom is 0.255 e. The fourth-order valence-electron chi connectivity index (χ4n) is 4.27. The van der Waals surface area contributed by atoms with E-state index in [-0.39, 0.29) is 11.8 Å². The maximum atomic E-state index is 13.2. The third kappa shape index (κ3) is 4.81. The number of hydrogen-bond acceptors (Lipinski definition) is 4. The number of likely N-dealkylation sites (tertiary alicyclic amines) is 1. The number of carbonyl (C=O) groups is 2. The highest BCUT2D eigenvalue weighted by Crippen LogP contribution is 2.37. The molecule has 6 heteroatoms. The smallest absolute Gasteiger partial charge is 0.255 e. The van der Waals surface area contributed by atoms with Crippen LogP contribution in [0.5, 0.6) is 0 Å². The molecule has 0 spiro atoms. The second-order valence-corrected chi connectivity index (χ2v) is 9.11. The SMILES string of the molecule is C=CCNC(=O)C1(Cc2ccc(-c3cccs3)cc2)CCN(C(=O)c2cccnc2)CC1. The van der Waals surface area contributed by atoms with Crippen LogP contribution in [-0.4, -0.2) is 41.3 Å². The van der Waals surface area contributed by atoms with E-state index in [0.29, 0.717) is 44.5 Å². The molecule has 3 aromatic rings. The second kappa shape index (κ2) is 9.92. The van der Waals surface area contributed by atoms with Gasteiger partial charge < -0.3 is 10.2 Å². The van der Waals surface area contributed by atoms with Gasteiger partial charge >= 0.3 is 0 Å². The Morgan fingerprint density at radius 3 is 2.53 bits per heavy atom. The molecule has 0 unspecified atom stereocenters. The standard InChI is InChI=1S/C26H27N3O2S/c1-2-13-28-25(31)26(18-20-7-9-21(10-8-20)23-6-4-17-32-23)11-15-29(16-12-26)24(30)22-5-3-14-27-19-22/h2-10,14,17,19H,1,11-13,15-16,18H2,(H,28,31). The summed E-state index contributed by atoms with van der Waals surface area (Å²) < 4.78 is 0. The first-order chi connectivity index (χ1) is 15.6. The number of benzene rings is 1. The Morgan fingerprint density at radius 2 is 1.91 bits per heavy atom. The molecule has 5 nitrogen and oxygen atoms in total. The van der Waals surface area contributed by atoms with Crippen molar-refractivity contribution in [2.75, 3.05) is 19.6 Å². The predicted molar refractivity (Wildman–Crippen MR) is 128 cm³/mol. The van der Waals surface area contributed by atoms with E-state index in [0.717, 1.165) is 5.56 Å². The molecular formula is C26H27N3O2S. The largest absolute Gasteiger partial charge is 0.352 e. The van der Waals surface area contributed by atoms with Gasteiger partial charge in [-0.3, -0.25) is 14.6 Å². The monoisotopic (exact) mass is 445 g/mol. The Kier molecular flexibility index (Phi) is 6.81. The molecule has 1 aliphatic heterocycles. The minimum absolute atomic E-state index is 0.0292. The van der Waals surface area contributed by atoms with Crippen LogP contribution in [0.25, 0.3) is 10.4 Å². The minimum Gasteiger partial charge on any atom is -0.352 e. The molecule has 0 aliphatic carbocycles. The topological polar surface area (TPSA) is 62.3 Å². The number of piperidine rings is 1. The normalized spacial score (nSPS) is 15.2. The Bertz CT molecular complexity index is 1050. The van der Waals surface area contributed by atoms with Crippen molar-refractivity contribution in [3.05, 3.63) is 90.1 Å². The molecule has 0 atom stereocenters. The average Bonchev–Trinajstić information content (AvgIpc) is 3.38. The van der Waals surface area contributed by atoms with Gasteiger partial charge in [-0.15, -0.1) is 17.9 Å². The lowest BCUT2D eigenvalue weighted by atomic mass is 9.72. The van der Waals surface area contributed by atoms with E-state index in [1.807, 2.05) is 11.0 Å². The molecule has 0 bridgehead atoms. The summed E-state index contributed by atoms with van der Waals surface area (Å²) in [6.07, 6.45) is 6.84. The van der Waals surface area contributed by atoms with Crippen molar-refractivity contribution in [3.8, 4) is 10.4 Å². The van der Waals surface area contributed by atoms with Crippen LogP contribution in [0.1, 0.15) is 28.8 Å². The highest BCUT2D eigenvalue weighted by atomic mass is 32.1. The fourth-order valence-corrected chi connectivity index (χ4v) is 5.00. The Hall–Kier alpha value is -3.25. The number of nitrogens with zero attached hydrogens (tertiary/aromatic N) is 2. The summed E-state index contributed by atoms with van der Waals surface area (Å²) in [6, 6.07) is 16.2. The number of nitrogens with one attached hydrogen (secondary N) is 1. The Morgan fingerprint density at radius 1 is 1.12 bits per heavy atom. The van der Waals surface area contributed by atoms with Gasteiger partial charge in [-0.05, 0) is 54.0 Å². The molecule has 2 aromatic heterocycles. The van der Waals surface area contributed by atoms with Crippen LogP contribution in [0.4, 0.5) is 0 Å². The van der Waals surface area contributed by atoms with E-state index in [1.165, 1.54) is 10.4 Å². The van der Waals surface area contributed by atoms with Crippen molar-refractivity contribution in [3.63, 3.8) is 0 Å². The zero-order valence-corrected chi connectivity index (χ0v) is 18.8. The van der Waals surface area contributed by atoms with Crippen molar-refractivity contribution in [1.82, 2.24) is 15.2 Å². The molecule has 1 saturated heterocycles. The van der Waals surface area contributed by atoms with Crippen LogP contribution in [0.2, 0.25) is 0 Å². The molecule has 1 fully saturated rings. The number of hydrogen-bond donors (Lipinski definition) is 1. The first-order valence-corrected chi connectivity index (χ1v) is 11.7. The molecule has 164 valence electrons. The van der Waals surface area contributed by atoms with Gasteiger partial charge in [0, 0.05) is 36.9 Å². The van der Waals surface area contributed by atoms with Crippen molar-refractivity contribution in [1.29, 1.82) is 0 Å². The lowest BCUT2D eigenvalue weighted by molar-refractivity contribution is -0.133. The summed E-state index contributed by atoms with van der Waals surface area (Å²) in [5.41, 5.74) is 2.36. The predicted octanol–water partition coefficient (Wildman–Crippen LogP) is 4.58. The van der Waals surface area contributed by atoms with E-state index in [1.54, 1.807) is 41.9 Å². The van der Waals surface area contributed by atoms with Gasteiger partial charge in [0.05, 0.1) is 11.0 Å². The van der Waals surface area contributed by atoms with Gasteiger partial charge in [-0.1, -0.05) is 36.4 Å². The third-order valence-corrected chi connectivity index (χ3v) is 7.03. The summed E-state index contributed by atoms with van der Waals surface area (Å²) >= 11 is 1.72. The summed E-state index contributed by atoms with van der Waals surface area (Å²) in [5.74, 6) is 0.00621. The van der Waals surface area contributed by atoms with Crippen LogP contribution >= 0.6 is 11.3 Å². The summed E-state index contributed by atoms with van der Waals surface area (Å²) in [5, 5.41) is 5.08. The molecule has 0 radical (unpaired) electrons. The van der Waals surface area contributed by atoms with Crippen molar-refractivity contribution >= 4 is 23.2 Å². The lowest BCUT2D eigenvalue weighted by Crippen LogP contribution is -2.51. The molecule has 3 heterocycles. The van der Waals surface area contributed by atoms with Crippen LogP contribution < -0.4 is 5.32 Å². The van der Waals surface area contributed by atoms with Gasteiger partial charge in [-0.2, -0.15) is 0 Å². The van der Waals surface area contributed by atoms with E-state index < -0.39 is 5.41 Å². The number of amides is 2. The third-order valence-electron chi connectivity index (χ3n) is 6.11. The Labute approximate surface area is 192 Å². The summed E-state index contributed by atoms with van der Waals surface area (Å²) in [7, 11) is 0. The van der Waals surface area contributed by atoms with Crippen LogP contribution in [-0.2, 0) is 11.2 Å². The van der Waals surface area contributed by atoms with Crippen molar-refractivity contribution in [2.45, 2.75) is 19.3 Å². The van der Waals surface area contributed by atoms with Gasteiger partial charge in [-0.25, -0.2) is 0 Å². The molecule has 2 amide bonds. The second-order valence-electron chi connectivity index (χ2n) is 8.16. The zero-order chi connectivity index (χ0) is 22.4. The van der Waals surface area contributed by atoms with Gasteiger partial charge in [0.1, 0.15) is 0 Å². The zero-order valence-electron chi connectivity index (χ0n) is 18.0. The number of carbonyl (C=O) groups excluding carboxylic acids is 2. The van der Waals surface area contributed by atoms with E-state index in [4.69, 9.17) is 0 Å². The average molecular weight is 446 g/mol. The van der Waals surface area contributed by atoms with Gasteiger partial charge in [0.25, 0.3) is 5.91 Å². The fraction of sp³-hybridized carbons (Fsp3) is 0.269. The molecule has 0 saturated carbocycles. The van der Waals surface area contributed by atoms with E-state index in [2.05, 4.69) is 52.6 Å². The molecule has 1 aliphatic rings. The first kappa shape index (κ1) is 22.0. The quantitative estimate of drug-likeness (QED) is 0.542. The van der Waals surface area contributed by atoms with Crippen LogP contribution in [0.15, 0.2) is 79.0 Å². The van der Waals surface area contributed by atoms with Crippen molar-refractivity contribution in [2.24, 2.45) is 5.41 Å². The van der Waals surface area contributed by atoms with Crippen LogP contribution in [0, 0.1) is 5.41 Å². The lowest BCUT2D eigenvalue weighted by Gasteiger charge is -2.41. The summed E-state index contributed by atoms with van der Waals surface area (Å²) in [4.78, 5) is 33.2. The molecule has 1 N–H and O–H groups in total. The molecular weight excluding hydrogens is 418 g/mol. The van der Waals surface area contributed by atoms with Crippen LogP contribution in [0.3, 0.4) is 0 Å². The van der Waals surface area contributed by atoms with Crippen molar-refractivity contribution < 1.29 is 9.59 Å². The number of thiophene rings is 1. The maximum absolute atomic E-state index is 13.2. The minimum atomic E-state index is -0.542.